The molecule has 5 nitrogen and oxygen atoms in total. The van der Waals surface area contributed by atoms with Crippen molar-refractivity contribution >= 4 is 27.1 Å². The standard InChI is InChI=1S/C21H18F3NO4S2/c1-29-16-7-9-17(10-8-16)31(27,28)19(18-6-3-11-30-18)13-25-20(26)14-4-2-5-15(12-14)21(22,23)24/h2-12,19H,13H2,1H3,(H,25,26). The van der Waals surface area contributed by atoms with Gasteiger partial charge in [-0.2, -0.15) is 13.2 Å². The van der Waals surface area contributed by atoms with E-state index in [0.717, 1.165) is 18.2 Å². The van der Waals surface area contributed by atoms with Crippen molar-refractivity contribution in [2.24, 2.45) is 0 Å². The number of thiophene rings is 1. The van der Waals surface area contributed by atoms with E-state index >= 15 is 0 Å². The highest BCUT2D eigenvalue weighted by molar-refractivity contribution is 7.91. The number of sulfone groups is 1. The molecule has 1 aromatic heterocycles. The lowest BCUT2D eigenvalue weighted by Gasteiger charge is -2.18. The van der Waals surface area contributed by atoms with Gasteiger partial charge in [-0.3, -0.25) is 4.79 Å². The quantitative estimate of drug-likeness (QED) is 0.544. The smallest absolute Gasteiger partial charge is 0.416 e. The molecule has 0 fully saturated rings. The van der Waals surface area contributed by atoms with E-state index < -0.39 is 32.7 Å². The predicted octanol–water partition coefficient (Wildman–Crippen LogP) is 4.72. The Kier molecular flexibility index (Phi) is 6.71. The molecule has 0 bridgehead atoms. The third-order valence-corrected chi connectivity index (χ3v) is 7.76. The van der Waals surface area contributed by atoms with Crippen LogP contribution in [0.15, 0.2) is 70.9 Å². The number of carbonyl (C=O) groups is 1. The summed E-state index contributed by atoms with van der Waals surface area (Å²) in [5.74, 6) is -0.304. The van der Waals surface area contributed by atoms with Gasteiger partial charge in [-0.25, -0.2) is 8.42 Å². The van der Waals surface area contributed by atoms with Gasteiger partial charge in [0.05, 0.1) is 17.6 Å². The number of carbonyl (C=O) groups excluding carboxylic acids is 1. The molecule has 2 aromatic carbocycles. The Morgan fingerprint density at radius 3 is 2.39 bits per heavy atom. The lowest BCUT2D eigenvalue weighted by molar-refractivity contribution is -0.137. The van der Waals surface area contributed by atoms with Crippen LogP contribution in [0, 0.1) is 0 Å². The van der Waals surface area contributed by atoms with E-state index in [1.54, 1.807) is 17.5 Å². The van der Waals surface area contributed by atoms with Gasteiger partial charge in [0.15, 0.2) is 9.84 Å². The summed E-state index contributed by atoms with van der Waals surface area (Å²) in [7, 11) is -2.44. The number of rotatable bonds is 7. The van der Waals surface area contributed by atoms with Crippen LogP contribution in [0.1, 0.15) is 26.0 Å². The SMILES string of the molecule is COc1ccc(S(=O)(=O)C(CNC(=O)c2cccc(C(F)(F)F)c2)c2cccs2)cc1. The van der Waals surface area contributed by atoms with Gasteiger partial charge >= 0.3 is 6.18 Å². The highest BCUT2D eigenvalue weighted by atomic mass is 32.2. The van der Waals surface area contributed by atoms with Crippen molar-refractivity contribution in [3.05, 3.63) is 82.0 Å². The van der Waals surface area contributed by atoms with Gasteiger partial charge in [0.2, 0.25) is 0 Å². The van der Waals surface area contributed by atoms with E-state index in [1.807, 2.05) is 0 Å². The van der Waals surface area contributed by atoms with Crippen molar-refractivity contribution in [1.29, 1.82) is 0 Å². The first-order valence-electron chi connectivity index (χ1n) is 8.99. The van der Waals surface area contributed by atoms with Crippen LogP contribution in [0.2, 0.25) is 0 Å². The zero-order valence-corrected chi connectivity index (χ0v) is 17.9. The lowest BCUT2D eigenvalue weighted by Crippen LogP contribution is -2.31. The van der Waals surface area contributed by atoms with Gasteiger partial charge in [-0.1, -0.05) is 12.1 Å². The lowest BCUT2D eigenvalue weighted by atomic mass is 10.1. The summed E-state index contributed by atoms with van der Waals surface area (Å²) in [5, 5.41) is 3.07. The molecule has 3 aromatic rings. The Morgan fingerprint density at radius 2 is 1.81 bits per heavy atom. The fourth-order valence-corrected chi connectivity index (χ4v) is 5.68. The Labute approximate surface area is 181 Å². The fraction of sp³-hybridized carbons (Fsp3) is 0.190. The van der Waals surface area contributed by atoms with Crippen molar-refractivity contribution in [3.8, 4) is 5.75 Å². The van der Waals surface area contributed by atoms with Gasteiger partial charge in [-0.15, -0.1) is 11.3 Å². The van der Waals surface area contributed by atoms with Crippen LogP contribution in [0.5, 0.6) is 5.75 Å². The summed E-state index contributed by atoms with van der Waals surface area (Å²) in [4.78, 5) is 13.0. The molecule has 164 valence electrons. The molecule has 1 heterocycles. The first-order chi connectivity index (χ1) is 14.6. The van der Waals surface area contributed by atoms with Crippen molar-refractivity contribution in [1.82, 2.24) is 5.32 Å². The molecule has 3 rings (SSSR count). The number of methoxy groups -OCH3 is 1. The first kappa shape index (κ1) is 22.8. The zero-order valence-electron chi connectivity index (χ0n) is 16.2. The molecule has 0 aliphatic heterocycles. The van der Waals surface area contributed by atoms with E-state index in [-0.39, 0.29) is 17.0 Å². The number of hydrogen-bond donors (Lipinski definition) is 1. The average molecular weight is 470 g/mol. The van der Waals surface area contributed by atoms with E-state index in [1.165, 1.54) is 48.8 Å². The number of nitrogens with one attached hydrogen (secondary N) is 1. The van der Waals surface area contributed by atoms with Gasteiger partial charge in [0.25, 0.3) is 5.91 Å². The van der Waals surface area contributed by atoms with E-state index in [0.29, 0.717) is 10.6 Å². The molecule has 10 heteroatoms. The van der Waals surface area contributed by atoms with Crippen molar-refractivity contribution in [2.75, 3.05) is 13.7 Å². The third-order valence-electron chi connectivity index (χ3n) is 4.52. The van der Waals surface area contributed by atoms with Crippen molar-refractivity contribution in [2.45, 2.75) is 16.3 Å². The molecule has 1 N–H and O–H groups in total. The van der Waals surface area contributed by atoms with Crippen LogP contribution in [-0.4, -0.2) is 28.0 Å². The monoisotopic (exact) mass is 469 g/mol. The molecule has 0 spiro atoms. The van der Waals surface area contributed by atoms with Crippen LogP contribution in [0.4, 0.5) is 13.2 Å². The van der Waals surface area contributed by atoms with Crippen molar-refractivity contribution in [3.63, 3.8) is 0 Å². The minimum Gasteiger partial charge on any atom is -0.497 e. The zero-order chi connectivity index (χ0) is 22.6. The highest BCUT2D eigenvalue weighted by Gasteiger charge is 2.32. The maximum atomic E-state index is 13.2. The second kappa shape index (κ2) is 9.11. The summed E-state index contributed by atoms with van der Waals surface area (Å²) in [6.45, 7) is -0.302. The average Bonchev–Trinajstić information content (AvgIpc) is 3.27. The Morgan fingerprint density at radius 1 is 1.10 bits per heavy atom. The number of hydrogen-bond acceptors (Lipinski definition) is 5. The van der Waals surface area contributed by atoms with Crippen LogP contribution < -0.4 is 10.1 Å². The Bertz CT molecular complexity index is 1140. The van der Waals surface area contributed by atoms with Crippen LogP contribution in [0.3, 0.4) is 0 Å². The molecule has 1 atom stereocenters. The largest absolute Gasteiger partial charge is 0.497 e. The fourth-order valence-electron chi connectivity index (χ4n) is 2.89. The minimum atomic E-state index is -4.59. The molecule has 0 aliphatic rings. The van der Waals surface area contributed by atoms with Gasteiger partial charge in [0.1, 0.15) is 11.0 Å². The predicted molar refractivity (Wildman–Crippen MR) is 111 cm³/mol. The Hall–Kier alpha value is -2.85. The first-order valence-corrected chi connectivity index (χ1v) is 11.4. The van der Waals surface area contributed by atoms with E-state index in [9.17, 15) is 26.4 Å². The maximum Gasteiger partial charge on any atom is 0.416 e. The molecule has 0 saturated heterocycles. The number of benzene rings is 2. The summed E-state index contributed by atoms with van der Waals surface area (Å²) in [6, 6.07) is 13.1. The number of halogens is 3. The summed E-state index contributed by atoms with van der Waals surface area (Å²) >= 11 is 1.21. The minimum absolute atomic E-state index is 0.0417. The van der Waals surface area contributed by atoms with E-state index in [2.05, 4.69) is 5.32 Å². The molecule has 1 unspecified atom stereocenters. The van der Waals surface area contributed by atoms with Crippen molar-refractivity contribution < 1.29 is 31.1 Å². The number of amides is 1. The molecular weight excluding hydrogens is 451 g/mol. The molecule has 0 aliphatic carbocycles. The second-order valence-corrected chi connectivity index (χ2v) is 9.62. The van der Waals surface area contributed by atoms with Gasteiger partial charge in [-0.05, 0) is 53.9 Å². The van der Waals surface area contributed by atoms with E-state index in [4.69, 9.17) is 4.74 Å². The third kappa shape index (κ3) is 5.26. The van der Waals surface area contributed by atoms with Crippen LogP contribution in [-0.2, 0) is 16.0 Å². The molecule has 0 saturated carbocycles. The summed E-state index contributed by atoms with van der Waals surface area (Å²) in [6.07, 6.45) is -4.59. The highest BCUT2D eigenvalue weighted by Crippen LogP contribution is 2.33. The molecule has 0 radical (unpaired) electrons. The number of ether oxygens (including phenoxy) is 1. The normalized spacial score (nSPS) is 12.9. The summed E-state index contributed by atoms with van der Waals surface area (Å²) < 4.78 is 70.2. The second-order valence-electron chi connectivity index (χ2n) is 6.51. The topological polar surface area (TPSA) is 72.5 Å². The summed E-state index contributed by atoms with van der Waals surface area (Å²) in [5.41, 5.74) is -1.16. The maximum absolute atomic E-state index is 13.2. The number of alkyl halides is 3. The molecular formula is C21H18F3NO4S2. The van der Waals surface area contributed by atoms with Gasteiger partial charge in [0, 0.05) is 17.0 Å². The van der Waals surface area contributed by atoms with Gasteiger partial charge < -0.3 is 10.1 Å². The Balaban J connectivity index is 1.85. The molecule has 31 heavy (non-hydrogen) atoms. The molecule has 1 amide bonds. The van der Waals surface area contributed by atoms with Crippen LogP contribution >= 0.6 is 11.3 Å². The van der Waals surface area contributed by atoms with Crippen LogP contribution in [0.25, 0.3) is 0 Å².